The van der Waals surface area contributed by atoms with E-state index in [2.05, 4.69) is 47.0 Å². The molecule has 3 aromatic carbocycles. The van der Waals surface area contributed by atoms with Gasteiger partial charge in [0, 0.05) is 45.6 Å². The van der Waals surface area contributed by atoms with Crippen LogP contribution in [0.25, 0.3) is 0 Å². The highest BCUT2D eigenvalue weighted by molar-refractivity contribution is 5.77. The number of benzene rings is 3. The highest BCUT2D eigenvalue weighted by Gasteiger charge is 2.26. The van der Waals surface area contributed by atoms with Crippen LogP contribution >= 0.6 is 0 Å². The lowest BCUT2D eigenvalue weighted by Crippen LogP contribution is -2.54. The van der Waals surface area contributed by atoms with Gasteiger partial charge < -0.3 is 20.3 Å². The van der Waals surface area contributed by atoms with Crippen LogP contribution in [0.2, 0.25) is 0 Å². The van der Waals surface area contributed by atoms with E-state index in [4.69, 9.17) is 4.74 Å². The number of aryl methyl sites for hydroxylation is 1. The van der Waals surface area contributed by atoms with Crippen molar-refractivity contribution in [1.82, 2.24) is 15.5 Å². The average Bonchev–Trinajstić information content (AvgIpc) is 2.94. The van der Waals surface area contributed by atoms with Crippen LogP contribution < -0.4 is 15.4 Å². The zero-order valence-corrected chi connectivity index (χ0v) is 22.5. The van der Waals surface area contributed by atoms with E-state index in [9.17, 15) is 14.4 Å². The van der Waals surface area contributed by atoms with Crippen molar-refractivity contribution in [3.05, 3.63) is 101 Å². The molecule has 2 N–H and O–H groups in total. The van der Waals surface area contributed by atoms with E-state index in [1.807, 2.05) is 29.2 Å². The van der Waals surface area contributed by atoms with E-state index in [0.717, 1.165) is 37.9 Å². The fourth-order valence-corrected chi connectivity index (χ4v) is 5.21. The van der Waals surface area contributed by atoms with Crippen molar-refractivity contribution < 1.29 is 19.1 Å². The highest BCUT2D eigenvalue weighted by atomic mass is 16.5. The maximum absolute atomic E-state index is 13.4. The van der Waals surface area contributed by atoms with Crippen LogP contribution in [0.4, 0.5) is 0 Å². The topological polar surface area (TPSA) is 87.7 Å². The first-order valence-electron chi connectivity index (χ1n) is 13.6. The fraction of sp³-hybridized carbons (Fsp3) is 0.344. The third kappa shape index (κ3) is 8.26. The van der Waals surface area contributed by atoms with E-state index < -0.39 is 0 Å². The molecule has 0 spiro atoms. The van der Waals surface area contributed by atoms with Crippen molar-refractivity contribution in [3.8, 4) is 5.75 Å². The number of carbonyl (C=O) groups excluding carboxylic acids is 3. The standard InChI is InChI=1S/C32H37N3O4/c1-24(37)34-17-16-27-7-3-5-9-29(27)21-28-8-4-2-6-26(28)12-15-32(38)35-19-18-33-22-30(35)20-25-10-13-31(14-11-25)39-23-36/h2-11,13-14,23,30,33H,12,15-22H2,1H3,(H,34,37)/t30-/m1/s1. The zero-order valence-electron chi connectivity index (χ0n) is 22.5. The van der Waals surface area contributed by atoms with Gasteiger partial charge in [0.25, 0.3) is 6.47 Å². The van der Waals surface area contributed by atoms with Gasteiger partial charge in [0.05, 0.1) is 0 Å². The van der Waals surface area contributed by atoms with Gasteiger partial charge in [-0.3, -0.25) is 14.4 Å². The molecule has 1 heterocycles. The number of ether oxygens (including phenoxy) is 1. The van der Waals surface area contributed by atoms with E-state index in [-0.39, 0.29) is 17.9 Å². The molecule has 0 bridgehead atoms. The Hall–Kier alpha value is -3.97. The Labute approximate surface area is 230 Å². The molecule has 1 aliphatic heterocycles. The molecule has 204 valence electrons. The minimum absolute atomic E-state index is 0.0173. The predicted octanol–water partition coefficient (Wildman–Crippen LogP) is 3.47. The predicted molar refractivity (Wildman–Crippen MR) is 152 cm³/mol. The Bertz CT molecular complexity index is 1260. The molecule has 0 aromatic heterocycles. The number of hydrogen-bond donors (Lipinski definition) is 2. The van der Waals surface area contributed by atoms with E-state index in [0.29, 0.717) is 38.2 Å². The first kappa shape index (κ1) is 28.0. The molecule has 0 unspecified atom stereocenters. The van der Waals surface area contributed by atoms with E-state index >= 15 is 0 Å². The van der Waals surface area contributed by atoms with Crippen LogP contribution in [0.3, 0.4) is 0 Å². The van der Waals surface area contributed by atoms with Crippen molar-refractivity contribution in [2.75, 3.05) is 26.2 Å². The zero-order chi connectivity index (χ0) is 27.5. The van der Waals surface area contributed by atoms with Crippen LogP contribution in [0, 0.1) is 0 Å². The minimum atomic E-state index is -0.0173. The van der Waals surface area contributed by atoms with Gasteiger partial charge >= 0.3 is 0 Å². The summed E-state index contributed by atoms with van der Waals surface area (Å²) < 4.78 is 4.89. The van der Waals surface area contributed by atoms with Gasteiger partial charge in [0.15, 0.2) is 0 Å². The molecule has 3 aromatic rings. The van der Waals surface area contributed by atoms with E-state index in [1.165, 1.54) is 29.2 Å². The first-order valence-corrected chi connectivity index (χ1v) is 13.6. The van der Waals surface area contributed by atoms with Crippen molar-refractivity contribution in [3.63, 3.8) is 0 Å². The van der Waals surface area contributed by atoms with Crippen LogP contribution in [0.5, 0.6) is 5.75 Å². The maximum Gasteiger partial charge on any atom is 0.298 e. The normalized spacial score (nSPS) is 15.0. The third-order valence-corrected chi connectivity index (χ3v) is 7.24. The monoisotopic (exact) mass is 527 g/mol. The summed E-state index contributed by atoms with van der Waals surface area (Å²) >= 11 is 0. The largest absolute Gasteiger partial charge is 0.429 e. The summed E-state index contributed by atoms with van der Waals surface area (Å²) in [5.74, 6) is 0.668. The Kier molecular flexibility index (Phi) is 10.3. The Morgan fingerprint density at radius 1 is 0.949 bits per heavy atom. The quantitative estimate of drug-likeness (QED) is 0.352. The van der Waals surface area contributed by atoms with Crippen LogP contribution in [-0.4, -0.2) is 55.4 Å². The summed E-state index contributed by atoms with van der Waals surface area (Å²) in [5.41, 5.74) is 5.99. The van der Waals surface area contributed by atoms with Gasteiger partial charge in [-0.15, -0.1) is 0 Å². The molecule has 7 heteroatoms. The molecule has 0 radical (unpaired) electrons. The molecule has 0 aliphatic carbocycles. The molecule has 0 saturated carbocycles. The van der Waals surface area contributed by atoms with Crippen LogP contribution in [0.15, 0.2) is 72.8 Å². The highest BCUT2D eigenvalue weighted by Crippen LogP contribution is 2.21. The second-order valence-corrected chi connectivity index (χ2v) is 9.95. The second-order valence-electron chi connectivity index (χ2n) is 9.95. The number of carbonyl (C=O) groups is 3. The summed E-state index contributed by atoms with van der Waals surface area (Å²) in [7, 11) is 0. The van der Waals surface area contributed by atoms with Gasteiger partial charge in [-0.05, 0) is 65.6 Å². The Morgan fingerprint density at radius 2 is 1.59 bits per heavy atom. The number of nitrogens with zero attached hydrogens (tertiary/aromatic N) is 1. The van der Waals surface area contributed by atoms with Crippen molar-refractivity contribution in [1.29, 1.82) is 0 Å². The minimum Gasteiger partial charge on any atom is -0.429 e. The van der Waals surface area contributed by atoms with Crippen molar-refractivity contribution in [2.24, 2.45) is 0 Å². The molecule has 39 heavy (non-hydrogen) atoms. The lowest BCUT2D eigenvalue weighted by atomic mass is 9.93. The van der Waals surface area contributed by atoms with Gasteiger partial charge in [-0.25, -0.2) is 0 Å². The number of amides is 2. The number of rotatable bonds is 12. The molecule has 7 nitrogen and oxygen atoms in total. The number of hydrogen-bond acceptors (Lipinski definition) is 5. The Balaban J connectivity index is 1.39. The van der Waals surface area contributed by atoms with Gasteiger partial charge in [0.1, 0.15) is 5.75 Å². The van der Waals surface area contributed by atoms with Crippen molar-refractivity contribution in [2.45, 2.75) is 45.1 Å². The molecule has 1 aliphatic rings. The summed E-state index contributed by atoms with van der Waals surface area (Å²) in [6.45, 7) is 4.82. The van der Waals surface area contributed by atoms with Gasteiger partial charge in [-0.2, -0.15) is 0 Å². The summed E-state index contributed by atoms with van der Waals surface area (Å²) in [6, 6.07) is 24.3. The summed E-state index contributed by atoms with van der Waals surface area (Å²) in [4.78, 5) is 37.3. The van der Waals surface area contributed by atoms with Crippen molar-refractivity contribution >= 4 is 18.3 Å². The lowest BCUT2D eigenvalue weighted by Gasteiger charge is -2.36. The third-order valence-electron chi connectivity index (χ3n) is 7.24. The SMILES string of the molecule is CC(=O)NCCc1ccccc1Cc1ccccc1CCC(=O)N1CCNC[C@H]1Cc1ccc(OC=O)cc1. The summed E-state index contributed by atoms with van der Waals surface area (Å²) in [6.07, 6.45) is 3.47. The molecular weight excluding hydrogens is 490 g/mol. The maximum atomic E-state index is 13.4. The average molecular weight is 528 g/mol. The van der Waals surface area contributed by atoms with Crippen LogP contribution in [0.1, 0.15) is 41.2 Å². The smallest absolute Gasteiger partial charge is 0.298 e. The van der Waals surface area contributed by atoms with Gasteiger partial charge in [0.2, 0.25) is 11.8 Å². The van der Waals surface area contributed by atoms with E-state index in [1.54, 1.807) is 12.1 Å². The number of nitrogens with one attached hydrogen (secondary N) is 2. The molecule has 1 fully saturated rings. The second kappa shape index (κ2) is 14.3. The lowest BCUT2D eigenvalue weighted by molar-refractivity contribution is -0.134. The molecular formula is C32H37N3O4. The fourth-order valence-electron chi connectivity index (χ4n) is 5.21. The molecule has 1 saturated heterocycles. The number of piperazine rings is 1. The Morgan fingerprint density at radius 3 is 2.23 bits per heavy atom. The first-order chi connectivity index (χ1) is 19.0. The molecule has 2 amide bonds. The molecule has 4 rings (SSSR count). The van der Waals surface area contributed by atoms with Gasteiger partial charge in [-0.1, -0.05) is 60.7 Å². The molecule has 1 atom stereocenters. The summed E-state index contributed by atoms with van der Waals surface area (Å²) in [5, 5.41) is 6.30. The van der Waals surface area contributed by atoms with Crippen LogP contribution in [-0.2, 0) is 40.1 Å².